The molecule has 3 aromatic rings. The first-order valence-electron chi connectivity index (χ1n) is 9.67. The number of nitrogens with zero attached hydrogens (tertiary/aromatic N) is 3. The van der Waals surface area contributed by atoms with Gasteiger partial charge in [0.25, 0.3) is 11.6 Å². The molecule has 1 fully saturated rings. The Kier molecular flexibility index (Phi) is 5.44. The van der Waals surface area contributed by atoms with Crippen LogP contribution >= 0.6 is 11.3 Å². The van der Waals surface area contributed by atoms with Crippen molar-refractivity contribution in [3.05, 3.63) is 63.1 Å². The van der Waals surface area contributed by atoms with E-state index in [9.17, 15) is 14.9 Å². The summed E-state index contributed by atoms with van der Waals surface area (Å²) in [4.78, 5) is 30.3. The second-order valence-electron chi connectivity index (χ2n) is 7.39. The van der Waals surface area contributed by atoms with E-state index in [1.165, 1.54) is 17.4 Å². The number of fused-ring (bicyclic) bond motifs is 1. The van der Waals surface area contributed by atoms with E-state index in [0.717, 1.165) is 41.2 Å². The Bertz CT molecular complexity index is 1020. The molecule has 1 aliphatic heterocycles. The monoisotopic (exact) mass is 410 g/mol. The molecule has 0 radical (unpaired) electrons. The van der Waals surface area contributed by atoms with Crippen LogP contribution < -0.4 is 10.2 Å². The van der Waals surface area contributed by atoms with Gasteiger partial charge >= 0.3 is 0 Å². The van der Waals surface area contributed by atoms with Crippen LogP contribution in [0.3, 0.4) is 0 Å². The maximum Gasteiger partial charge on any atom is 0.293 e. The van der Waals surface area contributed by atoms with Crippen LogP contribution in [0.1, 0.15) is 35.1 Å². The fourth-order valence-corrected chi connectivity index (χ4v) is 4.49. The molecule has 1 aromatic heterocycles. The van der Waals surface area contributed by atoms with Gasteiger partial charge in [0.2, 0.25) is 0 Å². The van der Waals surface area contributed by atoms with Gasteiger partial charge in [0.05, 0.1) is 21.7 Å². The second-order valence-corrected chi connectivity index (χ2v) is 8.50. The molecule has 1 saturated heterocycles. The average Bonchev–Trinajstić information content (AvgIpc) is 3.15. The van der Waals surface area contributed by atoms with E-state index in [-0.39, 0.29) is 23.7 Å². The molecule has 2 heterocycles. The van der Waals surface area contributed by atoms with Crippen molar-refractivity contribution in [2.24, 2.45) is 5.92 Å². The van der Waals surface area contributed by atoms with Gasteiger partial charge in [0, 0.05) is 24.7 Å². The summed E-state index contributed by atoms with van der Waals surface area (Å²) in [5, 5.41) is 15.2. The van der Waals surface area contributed by atoms with E-state index >= 15 is 0 Å². The molecule has 150 valence electrons. The van der Waals surface area contributed by atoms with Crippen LogP contribution in [0, 0.1) is 16.0 Å². The van der Waals surface area contributed by atoms with Crippen molar-refractivity contribution < 1.29 is 9.72 Å². The number of anilines is 1. The maximum atomic E-state index is 12.6. The van der Waals surface area contributed by atoms with Gasteiger partial charge in [-0.25, -0.2) is 4.98 Å². The normalized spacial score (nSPS) is 14.9. The number of hydrogen-bond acceptors (Lipinski definition) is 6. The number of nitro groups is 1. The lowest BCUT2D eigenvalue weighted by molar-refractivity contribution is -0.384. The maximum absolute atomic E-state index is 12.6. The summed E-state index contributed by atoms with van der Waals surface area (Å²) in [6, 6.07) is 12.5. The highest BCUT2D eigenvalue weighted by atomic mass is 32.1. The van der Waals surface area contributed by atoms with E-state index in [4.69, 9.17) is 0 Å². The summed E-state index contributed by atoms with van der Waals surface area (Å²) in [6.45, 7) is 4.08. The molecule has 8 heteroatoms. The number of para-hydroxylation sites is 1. The zero-order valence-corrected chi connectivity index (χ0v) is 16.9. The minimum absolute atomic E-state index is 0.0211. The first kappa shape index (κ1) is 19.3. The Hall–Kier alpha value is -3.00. The van der Waals surface area contributed by atoms with Crippen LogP contribution in [0.4, 0.5) is 11.4 Å². The van der Waals surface area contributed by atoms with Crippen molar-refractivity contribution >= 4 is 38.8 Å². The molecule has 0 spiro atoms. The minimum Gasteiger partial charge on any atom is -0.366 e. The topological polar surface area (TPSA) is 88.4 Å². The summed E-state index contributed by atoms with van der Waals surface area (Å²) < 4.78 is 1.06. The van der Waals surface area contributed by atoms with E-state index < -0.39 is 4.92 Å². The van der Waals surface area contributed by atoms with Crippen molar-refractivity contribution in [2.75, 3.05) is 18.0 Å². The number of hydrogen-bond donors (Lipinski definition) is 1. The Labute approximate surface area is 172 Å². The van der Waals surface area contributed by atoms with Gasteiger partial charge in [0.15, 0.2) is 0 Å². The van der Waals surface area contributed by atoms with Gasteiger partial charge in [-0.2, -0.15) is 0 Å². The lowest BCUT2D eigenvalue weighted by atomic mass is 9.98. The number of carbonyl (C=O) groups is 1. The standard InChI is InChI=1S/C21H22N4O3S/c1-14-8-10-24(11-9-14)17-7-6-15(12-18(17)25(27)28)21(26)22-13-20-23-16-4-2-3-5-19(16)29-20/h2-7,12,14H,8-11,13H2,1H3,(H,22,26). The van der Waals surface area contributed by atoms with E-state index in [1.807, 2.05) is 29.2 Å². The smallest absolute Gasteiger partial charge is 0.293 e. The van der Waals surface area contributed by atoms with Crippen LogP contribution in [0.2, 0.25) is 0 Å². The average molecular weight is 410 g/mol. The molecule has 0 bridgehead atoms. The number of amides is 1. The number of aromatic nitrogens is 1. The van der Waals surface area contributed by atoms with Crippen LogP contribution in [0.25, 0.3) is 10.2 Å². The summed E-state index contributed by atoms with van der Waals surface area (Å²) in [7, 11) is 0. The summed E-state index contributed by atoms with van der Waals surface area (Å²) in [6.07, 6.45) is 2.03. The first-order chi connectivity index (χ1) is 14.0. The molecule has 0 unspecified atom stereocenters. The van der Waals surface area contributed by atoms with E-state index in [2.05, 4.69) is 17.2 Å². The number of thiazole rings is 1. The fourth-order valence-electron chi connectivity index (χ4n) is 3.58. The predicted molar refractivity (Wildman–Crippen MR) is 114 cm³/mol. The number of nitro benzene ring substituents is 1. The van der Waals surface area contributed by atoms with Gasteiger partial charge in [-0.05, 0) is 43.0 Å². The van der Waals surface area contributed by atoms with Crippen molar-refractivity contribution in [1.82, 2.24) is 10.3 Å². The van der Waals surface area contributed by atoms with Crippen molar-refractivity contribution in [3.8, 4) is 0 Å². The predicted octanol–water partition coefficient (Wildman–Crippen LogP) is 4.37. The highest BCUT2D eigenvalue weighted by Crippen LogP contribution is 2.32. The molecule has 0 saturated carbocycles. The van der Waals surface area contributed by atoms with Crippen LogP contribution in [0.5, 0.6) is 0 Å². The molecule has 4 rings (SSSR count). The van der Waals surface area contributed by atoms with Crippen molar-refractivity contribution in [2.45, 2.75) is 26.3 Å². The lowest BCUT2D eigenvalue weighted by Crippen LogP contribution is -2.33. The zero-order valence-electron chi connectivity index (χ0n) is 16.1. The molecule has 0 atom stereocenters. The van der Waals surface area contributed by atoms with Gasteiger partial charge in [-0.3, -0.25) is 14.9 Å². The Morgan fingerprint density at radius 1 is 1.28 bits per heavy atom. The van der Waals surface area contributed by atoms with Gasteiger partial charge in [0.1, 0.15) is 10.7 Å². The SMILES string of the molecule is CC1CCN(c2ccc(C(=O)NCc3nc4ccccc4s3)cc2[N+](=O)[O-])CC1. The molecular formula is C21H22N4O3S. The number of benzene rings is 2. The lowest BCUT2D eigenvalue weighted by Gasteiger charge is -2.31. The van der Waals surface area contributed by atoms with Crippen LogP contribution in [0.15, 0.2) is 42.5 Å². The zero-order chi connectivity index (χ0) is 20.4. The number of rotatable bonds is 5. The van der Waals surface area contributed by atoms with Gasteiger partial charge in [-0.15, -0.1) is 11.3 Å². The van der Waals surface area contributed by atoms with Gasteiger partial charge in [-0.1, -0.05) is 19.1 Å². The third-order valence-electron chi connectivity index (χ3n) is 5.30. The van der Waals surface area contributed by atoms with Crippen LogP contribution in [-0.2, 0) is 6.54 Å². The highest BCUT2D eigenvalue weighted by molar-refractivity contribution is 7.18. The summed E-state index contributed by atoms with van der Waals surface area (Å²) >= 11 is 1.52. The highest BCUT2D eigenvalue weighted by Gasteiger charge is 2.24. The third kappa shape index (κ3) is 4.22. The van der Waals surface area contributed by atoms with Crippen molar-refractivity contribution in [3.63, 3.8) is 0 Å². The first-order valence-corrected chi connectivity index (χ1v) is 10.5. The number of piperidine rings is 1. The quantitative estimate of drug-likeness (QED) is 0.498. The fraction of sp³-hybridized carbons (Fsp3) is 0.333. The summed E-state index contributed by atoms with van der Waals surface area (Å²) in [5.41, 5.74) is 1.75. The van der Waals surface area contributed by atoms with Gasteiger partial charge < -0.3 is 10.2 Å². The third-order valence-corrected chi connectivity index (χ3v) is 6.33. The Morgan fingerprint density at radius 2 is 2.03 bits per heavy atom. The molecule has 7 nitrogen and oxygen atoms in total. The molecule has 2 aromatic carbocycles. The Balaban J connectivity index is 1.49. The molecule has 1 aliphatic rings. The number of nitrogens with one attached hydrogen (secondary N) is 1. The molecule has 1 amide bonds. The second kappa shape index (κ2) is 8.16. The van der Waals surface area contributed by atoms with E-state index in [1.54, 1.807) is 12.1 Å². The summed E-state index contributed by atoms with van der Waals surface area (Å²) in [5.74, 6) is 0.295. The van der Waals surface area contributed by atoms with Crippen LogP contribution in [-0.4, -0.2) is 28.9 Å². The molecule has 29 heavy (non-hydrogen) atoms. The van der Waals surface area contributed by atoms with E-state index in [0.29, 0.717) is 11.6 Å². The van der Waals surface area contributed by atoms with Crippen molar-refractivity contribution in [1.29, 1.82) is 0 Å². The molecule has 1 N–H and O–H groups in total. The minimum atomic E-state index is -0.405. The number of carbonyl (C=O) groups excluding carboxylic acids is 1. The molecule has 0 aliphatic carbocycles. The molecular weight excluding hydrogens is 388 g/mol. The largest absolute Gasteiger partial charge is 0.366 e. The Morgan fingerprint density at radius 3 is 2.76 bits per heavy atom.